The minimum atomic E-state index is -2.75. The van der Waals surface area contributed by atoms with Gasteiger partial charge in [-0.15, -0.1) is 0 Å². The van der Waals surface area contributed by atoms with Gasteiger partial charge in [-0.3, -0.25) is 0 Å². The fraction of sp³-hybridized carbons (Fsp3) is 0.889. The van der Waals surface area contributed by atoms with Crippen molar-refractivity contribution in [3.63, 3.8) is 0 Å². The first-order valence-electron chi connectivity index (χ1n) is 4.82. The van der Waals surface area contributed by atoms with E-state index in [9.17, 15) is 0 Å². The second-order valence-electron chi connectivity index (χ2n) is 3.54. The molecule has 0 saturated carbocycles. The first-order valence-corrected chi connectivity index (χ1v) is 7.43. The Kier molecular flexibility index (Phi) is 12.5. The molecule has 0 aliphatic carbocycles. The molecular weight excluding hydrogens is 257 g/mol. The van der Waals surface area contributed by atoms with E-state index in [4.69, 9.17) is 9.59 Å². The van der Waals surface area contributed by atoms with E-state index in [0.29, 0.717) is 6.04 Å². The molecule has 2 nitrogen and oxygen atoms in total. The van der Waals surface area contributed by atoms with E-state index >= 15 is 0 Å². The third kappa shape index (κ3) is 16.0. The van der Waals surface area contributed by atoms with E-state index < -0.39 is 8.56 Å². The molecule has 0 fully saturated rings. The summed E-state index contributed by atoms with van der Waals surface area (Å²) < 4.78 is 0. The van der Waals surface area contributed by atoms with Crippen molar-refractivity contribution in [2.24, 2.45) is 0 Å². The van der Waals surface area contributed by atoms with Crippen molar-refractivity contribution in [2.45, 2.75) is 51.6 Å². The van der Waals surface area contributed by atoms with Crippen LogP contribution in [0.3, 0.4) is 0 Å². The SMILES string of the molecule is CCCC[CH-]CCC[Si](C)(O)O.[Y]. The predicted octanol–water partition coefficient (Wildman–Crippen LogP) is 2.22. The fourth-order valence-corrected chi connectivity index (χ4v) is 1.95. The average molecular weight is 278 g/mol. The van der Waals surface area contributed by atoms with Crippen LogP contribution in [0.2, 0.25) is 12.6 Å². The topological polar surface area (TPSA) is 40.5 Å². The maximum atomic E-state index is 9.10. The molecule has 0 aromatic rings. The number of unbranched alkanes of at least 4 members (excludes halogenated alkanes) is 5. The largest absolute Gasteiger partial charge is 0.411 e. The monoisotopic (exact) mass is 278 g/mol. The predicted molar refractivity (Wildman–Crippen MR) is 53.9 cm³/mol. The standard InChI is InChI=1S/C9H21O2Si.Y/c1-3-4-5-6-7-8-9-12(2,10)11;/h6,10-11H,3-5,7-9H2,1-2H3;/q-1;. The summed E-state index contributed by atoms with van der Waals surface area (Å²) in [6, 6.07) is 0.607. The van der Waals surface area contributed by atoms with E-state index in [1.165, 1.54) is 19.3 Å². The van der Waals surface area contributed by atoms with Crippen molar-refractivity contribution in [3.8, 4) is 0 Å². The van der Waals surface area contributed by atoms with Gasteiger partial charge >= 0.3 is 8.56 Å². The van der Waals surface area contributed by atoms with Gasteiger partial charge in [0.15, 0.2) is 0 Å². The molecule has 0 aromatic heterocycles. The van der Waals surface area contributed by atoms with Crippen molar-refractivity contribution >= 4 is 8.56 Å². The maximum Gasteiger partial charge on any atom is 0.329 e. The summed E-state index contributed by atoms with van der Waals surface area (Å²) in [6.07, 6.45) is 7.88. The molecule has 0 bridgehead atoms. The molecule has 77 valence electrons. The molecule has 13 heavy (non-hydrogen) atoms. The van der Waals surface area contributed by atoms with Crippen LogP contribution in [-0.4, -0.2) is 18.2 Å². The Hall–Kier alpha value is 1.24. The maximum absolute atomic E-state index is 9.10. The second-order valence-corrected chi connectivity index (χ2v) is 6.47. The van der Waals surface area contributed by atoms with Gasteiger partial charge in [0.25, 0.3) is 0 Å². The Bertz CT molecular complexity index is 104. The smallest absolute Gasteiger partial charge is 0.329 e. The molecule has 0 saturated heterocycles. The zero-order valence-electron chi connectivity index (χ0n) is 8.79. The van der Waals surface area contributed by atoms with E-state index in [0.717, 1.165) is 12.8 Å². The zero-order chi connectivity index (χ0) is 9.45. The van der Waals surface area contributed by atoms with Crippen LogP contribution >= 0.6 is 0 Å². The van der Waals surface area contributed by atoms with Crippen LogP contribution in [0.25, 0.3) is 0 Å². The molecule has 0 amide bonds. The molecule has 2 N–H and O–H groups in total. The molecule has 0 aliphatic heterocycles. The van der Waals surface area contributed by atoms with Crippen molar-refractivity contribution in [3.05, 3.63) is 6.42 Å². The average Bonchev–Trinajstić information content (AvgIpc) is 1.94. The van der Waals surface area contributed by atoms with Gasteiger partial charge in [0, 0.05) is 32.7 Å². The molecule has 1 radical (unpaired) electrons. The van der Waals surface area contributed by atoms with Gasteiger partial charge in [0.1, 0.15) is 0 Å². The quantitative estimate of drug-likeness (QED) is 0.426. The molecule has 0 spiro atoms. The molecule has 0 rings (SSSR count). The second kappa shape index (κ2) is 9.78. The Morgan fingerprint density at radius 1 is 1.15 bits per heavy atom. The first kappa shape index (κ1) is 16.7. The minimum absolute atomic E-state index is 0. The van der Waals surface area contributed by atoms with Gasteiger partial charge in [-0.1, -0.05) is 26.2 Å². The van der Waals surface area contributed by atoms with Crippen LogP contribution in [-0.2, 0) is 32.7 Å². The van der Waals surface area contributed by atoms with Crippen LogP contribution in [0.1, 0.15) is 39.0 Å². The Labute approximate surface area is 108 Å². The first-order chi connectivity index (χ1) is 5.56. The van der Waals surface area contributed by atoms with Gasteiger partial charge in [0.2, 0.25) is 0 Å². The third-order valence-electron chi connectivity index (χ3n) is 1.82. The molecule has 0 unspecified atom stereocenters. The molecule has 0 heterocycles. The number of rotatable bonds is 7. The minimum Gasteiger partial charge on any atom is -0.411 e. The van der Waals surface area contributed by atoms with Crippen LogP contribution in [0, 0.1) is 6.42 Å². The summed E-state index contributed by atoms with van der Waals surface area (Å²) >= 11 is 0. The van der Waals surface area contributed by atoms with Gasteiger partial charge in [-0.25, -0.2) is 0 Å². The van der Waals surface area contributed by atoms with Crippen molar-refractivity contribution in [2.75, 3.05) is 0 Å². The number of hydrogen-bond acceptors (Lipinski definition) is 2. The summed E-state index contributed by atoms with van der Waals surface area (Å²) in [5.41, 5.74) is 0. The summed E-state index contributed by atoms with van der Waals surface area (Å²) in [6.45, 7) is 3.75. The van der Waals surface area contributed by atoms with Crippen LogP contribution < -0.4 is 0 Å². The third-order valence-corrected chi connectivity index (χ3v) is 3.12. The van der Waals surface area contributed by atoms with E-state index in [2.05, 4.69) is 13.3 Å². The van der Waals surface area contributed by atoms with Crippen LogP contribution in [0.5, 0.6) is 0 Å². The van der Waals surface area contributed by atoms with Crippen LogP contribution in [0.15, 0.2) is 0 Å². The summed E-state index contributed by atoms with van der Waals surface area (Å²) in [5.74, 6) is 0. The van der Waals surface area contributed by atoms with Crippen LogP contribution in [0.4, 0.5) is 0 Å². The molecular formula is C9H21O2SiY-. The summed E-state index contributed by atoms with van der Waals surface area (Å²) in [5, 5.41) is 0. The summed E-state index contributed by atoms with van der Waals surface area (Å²) in [7, 11) is -2.75. The fourth-order valence-electron chi connectivity index (χ4n) is 1.07. The molecule has 0 aliphatic rings. The Balaban J connectivity index is 0. The van der Waals surface area contributed by atoms with Crippen molar-refractivity contribution < 1.29 is 42.3 Å². The number of hydrogen-bond donors (Lipinski definition) is 2. The van der Waals surface area contributed by atoms with Gasteiger partial charge in [0.05, 0.1) is 0 Å². The normalized spacial score (nSPS) is 11.1. The Morgan fingerprint density at radius 3 is 2.15 bits per heavy atom. The molecule has 0 atom stereocenters. The van der Waals surface area contributed by atoms with Gasteiger partial charge in [-0.05, 0) is 12.6 Å². The summed E-state index contributed by atoms with van der Waals surface area (Å²) in [4.78, 5) is 18.2. The molecule has 0 aromatic carbocycles. The van der Waals surface area contributed by atoms with Crippen molar-refractivity contribution in [1.29, 1.82) is 0 Å². The van der Waals surface area contributed by atoms with Gasteiger partial charge in [-0.2, -0.15) is 12.8 Å². The van der Waals surface area contributed by atoms with E-state index in [-0.39, 0.29) is 32.7 Å². The van der Waals surface area contributed by atoms with E-state index in [1.807, 2.05) is 0 Å². The Morgan fingerprint density at radius 2 is 1.69 bits per heavy atom. The zero-order valence-corrected chi connectivity index (χ0v) is 12.6. The molecule has 4 heteroatoms. The van der Waals surface area contributed by atoms with Crippen molar-refractivity contribution in [1.82, 2.24) is 0 Å². The van der Waals surface area contributed by atoms with Gasteiger partial charge < -0.3 is 16.0 Å². The van der Waals surface area contributed by atoms with E-state index in [1.54, 1.807) is 6.55 Å².